The molecule has 21 heavy (non-hydrogen) atoms. The first kappa shape index (κ1) is 23.9. The number of quaternary nitrogens is 1. The summed E-state index contributed by atoms with van der Waals surface area (Å²) in [7, 11) is 5.02. The minimum absolute atomic E-state index is 0. The first-order chi connectivity index (χ1) is 9.49. The number of hydrogen-bond acceptors (Lipinski definition) is 0. The summed E-state index contributed by atoms with van der Waals surface area (Å²) in [5, 5.41) is 0. The minimum Gasteiger partial charge on any atom is -1.00 e. The van der Waals surface area contributed by atoms with E-state index in [9.17, 15) is 0 Å². The Morgan fingerprint density at radius 3 is 1.24 bits per heavy atom. The molecular formula is C19H42IN. The van der Waals surface area contributed by atoms with E-state index in [4.69, 9.17) is 0 Å². The first-order valence-electron chi connectivity index (χ1n) is 9.32. The standard InChI is InChI=1S/C19H42N.HI/c1-7-11-15-19(16-12-8-2,17-13-9-3)20(5,6)18-14-10-4;/h7-18H2,1-6H3;1H/q+1;/p-1. The molecule has 0 aromatic carbocycles. The van der Waals surface area contributed by atoms with E-state index >= 15 is 0 Å². The van der Waals surface area contributed by atoms with Gasteiger partial charge >= 0.3 is 0 Å². The molecule has 0 atom stereocenters. The molecule has 0 fully saturated rings. The molecule has 0 aromatic heterocycles. The fourth-order valence-electron chi connectivity index (χ4n) is 3.59. The van der Waals surface area contributed by atoms with Gasteiger partial charge in [0.15, 0.2) is 0 Å². The normalized spacial score (nSPS) is 12.3. The molecule has 130 valence electrons. The fraction of sp³-hybridized carbons (Fsp3) is 1.00. The van der Waals surface area contributed by atoms with Gasteiger partial charge in [0.2, 0.25) is 0 Å². The maximum Gasteiger partial charge on any atom is 0.0988 e. The topological polar surface area (TPSA) is 0 Å². The monoisotopic (exact) mass is 411 g/mol. The smallest absolute Gasteiger partial charge is 0.0988 e. The van der Waals surface area contributed by atoms with Crippen LogP contribution < -0.4 is 24.0 Å². The molecule has 0 heterocycles. The molecular weight excluding hydrogens is 369 g/mol. The highest BCUT2D eigenvalue weighted by Crippen LogP contribution is 2.37. The van der Waals surface area contributed by atoms with Crippen LogP contribution in [0.4, 0.5) is 0 Å². The molecule has 0 saturated carbocycles. The van der Waals surface area contributed by atoms with Crippen LogP contribution in [0, 0.1) is 0 Å². The molecule has 0 aliphatic rings. The largest absolute Gasteiger partial charge is 1.00 e. The van der Waals surface area contributed by atoms with Gasteiger partial charge in [-0.15, -0.1) is 0 Å². The van der Waals surface area contributed by atoms with E-state index in [1.54, 1.807) is 0 Å². The lowest BCUT2D eigenvalue weighted by Crippen LogP contribution is -3.00. The second kappa shape index (κ2) is 13.2. The summed E-state index contributed by atoms with van der Waals surface area (Å²) in [6.45, 7) is 10.7. The van der Waals surface area contributed by atoms with E-state index in [1.165, 1.54) is 81.7 Å². The molecule has 2 heteroatoms. The van der Waals surface area contributed by atoms with Crippen LogP contribution >= 0.6 is 0 Å². The van der Waals surface area contributed by atoms with Crippen molar-refractivity contribution in [2.75, 3.05) is 20.6 Å². The summed E-state index contributed by atoms with van der Waals surface area (Å²) >= 11 is 0. The van der Waals surface area contributed by atoms with Crippen molar-refractivity contribution in [2.24, 2.45) is 0 Å². The summed E-state index contributed by atoms with van der Waals surface area (Å²) in [5.74, 6) is 0. The van der Waals surface area contributed by atoms with E-state index < -0.39 is 0 Å². The lowest BCUT2D eigenvalue weighted by Gasteiger charge is -2.50. The second-order valence-electron chi connectivity index (χ2n) is 7.30. The number of nitrogens with zero attached hydrogens (tertiary/aromatic N) is 1. The second-order valence-corrected chi connectivity index (χ2v) is 7.30. The number of unbranched alkanes of at least 4 members (excludes halogenated alkanes) is 4. The van der Waals surface area contributed by atoms with Crippen molar-refractivity contribution >= 4 is 0 Å². The minimum atomic E-state index is 0. The van der Waals surface area contributed by atoms with Crippen molar-refractivity contribution in [1.82, 2.24) is 0 Å². The Morgan fingerprint density at radius 2 is 0.952 bits per heavy atom. The van der Waals surface area contributed by atoms with Crippen LogP contribution in [0.2, 0.25) is 0 Å². The van der Waals surface area contributed by atoms with Gasteiger partial charge in [-0.25, -0.2) is 0 Å². The van der Waals surface area contributed by atoms with Gasteiger partial charge in [0.05, 0.1) is 26.2 Å². The first-order valence-corrected chi connectivity index (χ1v) is 9.32. The summed E-state index contributed by atoms with van der Waals surface area (Å²) in [4.78, 5) is 0. The van der Waals surface area contributed by atoms with Gasteiger partial charge in [-0.2, -0.15) is 0 Å². The van der Waals surface area contributed by atoms with Crippen LogP contribution in [0.5, 0.6) is 0 Å². The van der Waals surface area contributed by atoms with Gasteiger partial charge in [-0.3, -0.25) is 0 Å². The van der Waals surface area contributed by atoms with Gasteiger partial charge in [0.25, 0.3) is 0 Å². The van der Waals surface area contributed by atoms with E-state index in [0.29, 0.717) is 5.54 Å². The zero-order valence-electron chi connectivity index (χ0n) is 15.8. The van der Waals surface area contributed by atoms with Gasteiger partial charge < -0.3 is 28.5 Å². The molecule has 0 aliphatic heterocycles. The molecule has 0 aromatic rings. The third kappa shape index (κ3) is 8.20. The van der Waals surface area contributed by atoms with Gasteiger partial charge in [-0.05, 0) is 25.7 Å². The summed E-state index contributed by atoms with van der Waals surface area (Å²) in [6.07, 6.45) is 15.2. The fourth-order valence-corrected chi connectivity index (χ4v) is 3.59. The van der Waals surface area contributed by atoms with Crippen LogP contribution in [-0.2, 0) is 0 Å². The predicted octanol–water partition coefficient (Wildman–Crippen LogP) is 3.18. The Kier molecular flexibility index (Phi) is 15.0. The van der Waals surface area contributed by atoms with Crippen LogP contribution in [-0.4, -0.2) is 30.7 Å². The molecule has 0 bridgehead atoms. The zero-order chi connectivity index (χ0) is 15.5. The van der Waals surface area contributed by atoms with Crippen molar-refractivity contribution < 1.29 is 28.5 Å². The Labute approximate surface area is 152 Å². The third-order valence-electron chi connectivity index (χ3n) is 5.34. The molecule has 0 unspecified atom stereocenters. The summed E-state index contributed by atoms with van der Waals surface area (Å²) in [6, 6.07) is 0. The zero-order valence-corrected chi connectivity index (χ0v) is 18.0. The summed E-state index contributed by atoms with van der Waals surface area (Å²) in [5.41, 5.74) is 0.539. The van der Waals surface area contributed by atoms with E-state index in [0.717, 1.165) is 0 Å². The highest BCUT2D eigenvalue weighted by Gasteiger charge is 2.43. The Bertz CT molecular complexity index is 204. The van der Waals surface area contributed by atoms with Crippen molar-refractivity contribution in [3.63, 3.8) is 0 Å². The number of hydrogen-bond donors (Lipinski definition) is 0. The molecule has 0 spiro atoms. The average molecular weight is 411 g/mol. The highest BCUT2D eigenvalue weighted by atomic mass is 127. The molecule has 1 nitrogen and oxygen atoms in total. The highest BCUT2D eigenvalue weighted by molar-refractivity contribution is 4.81. The Hall–Kier alpha value is 0.690. The maximum atomic E-state index is 2.51. The van der Waals surface area contributed by atoms with Crippen molar-refractivity contribution in [1.29, 1.82) is 0 Å². The number of halogens is 1. The summed E-state index contributed by atoms with van der Waals surface area (Å²) < 4.78 is 1.25. The van der Waals surface area contributed by atoms with Crippen molar-refractivity contribution in [3.8, 4) is 0 Å². The molecule has 0 radical (unpaired) electrons. The van der Waals surface area contributed by atoms with Crippen molar-refractivity contribution in [2.45, 2.75) is 104 Å². The average Bonchev–Trinajstić information content (AvgIpc) is 2.44. The van der Waals surface area contributed by atoms with E-state index in [-0.39, 0.29) is 24.0 Å². The third-order valence-corrected chi connectivity index (χ3v) is 5.34. The van der Waals surface area contributed by atoms with Gasteiger partial charge in [-0.1, -0.05) is 53.4 Å². The maximum absolute atomic E-state index is 2.51. The Morgan fingerprint density at radius 1 is 0.619 bits per heavy atom. The van der Waals surface area contributed by atoms with Crippen LogP contribution in [0.15, 0.2) is 0 Å². The SMILES string of the molecule is CCCCC(CCCC)(CCCC)[N+](C)(C)CCCC.[I-]. The van der Waals surface area contributed by atoms with Crippen molar-refractivity contribution in [3.05, 3.63) is 0 Å². The van der Waals surface area contributed by atoms with Crippen LogP contribution in [0.1, 0.15) is 98.3 Å². The molecule has 0 N–H and O–H groups in total. The number of rotatable bonds is 13. The molecule has 0 amide bonds. The molecule has 0 rings (SSSR count). The molecule has 0 aliphatic carbocycles. The predicted molar refractivity (Wildman–Crippen MR) is 93.2 cm³/mol. The van der Waals surface area contributed by atoms with E-state index in [1.807, 2.05) is 0 Å². The lowest BCUT2D eigenvalue weighted by atomic mass is 9.79. The van der Waals surface area contributed by atoms with Gasteiger partial charge in [0, 0.05) is 19.3 Å². The van der Waals surface area contributed by atoms with Crippen LogP contribution in [0.25, 0.3) is 0 Å². The van der Waals surface area contributed by atoms with Gasteiger partial charge in [0.1, 0.15) is 0 Å². The quantitative estimate of drug-likeness (QED) is 0.323. The Balaban J connectivity index is 0. The lowest BCUT2D eigenvalue weighted by molar-refractivity contribution is -0.944. The van der Waals surface area contributed by atoms with E-state index in [2.05, 4.69) is 41.8 Å². The van der Waals surface area contributed by atoms with Crippen LogP contribution in [0.3, 0.4) is 0 Å². The molecule has 0 saturated heterocycles.